The van der Waals surface area contributed by atoms with Gasteiger partial charge in [-0.25, -0.2) is 0 Å². The van der Waals surface area contributed by atoms with Crippen molar-refractivity contribution in [3.8, 4) is 0 Å². The standard InChI is InChI=1S/C15H21ClN2O2/c1-20-9-8-17-10-14(19)18-11-15(6-7-15)12-2-4-13(16)5-3-12/h2-5,17H,6-11H2,1H3,(H,18,19). The van der Waals surface area contributed by atoms with Gasteiger partial charge in [0.15, 0.2) is 0 Å². The molecule has 0 unspecified atom stereocenters. The van der Waals surface area contributed by atoms with Crippen molar-refractivity contribution in [3.63, 3.8) is 0 Å². The Labute approximate surface area is 124 Å². The van der Waals surface area contributed by atoms with E-state index in [4.69, 9.17) is 16.3 Å². The first-order valence-electron chi connectivity index (χ1n) is 6.89. The van der Waals surface area contributed by atoms with E-state index in [-0.39, 0.29) is 11.3 Å². The van der Waals surface area contributed by atoms with E-state index in [2.05, 4.69) is 22.8 Å². The maximum Gasteiger partial charge on any atom is 0.233 e. The number of nitrogens with one attached hydrogen (secondary N) is 2. The van der Waals surface area contributed by atoms with Gasteiger partial charge in [0, 0.05) is 30.6 Å². The molecular weight excluding hydrogens is 276 g/mol. The number of ether oxygens (including phenoxy) is 1. The Bertz CT molecular complexity index is 444. The summed E-state index contributed by atoms with van der Waals surface area (Å²) < 4.78 is 4.91. The topological polar surface area (TPSA) is 50.4 Å². The molecule has 0 radical (unpaired) electrons. The highest BCUT2D eigenvalue weighted by Crippen LogP contribution is 2.47. The van der Waals surface area contributed by atoms with Crippen LogP contribution in [0.2, 0.25) is 5.02 Å². The third-order valence-electron chi connectivity index (χ3n) is 3.70. The number of amides is 1. The predicted molar refractivity (Wildman–Crippen MR) is 80.1 cm³/mol. The first kappa shape index (κ1) is 15.3. The van der Waals surface area contributed by atoms with Gasteiger partial charge in [-0.05, 0) is 30.5 Å². The van der Waals surface area contributed by atoms with Crippen LogP contribution >= 0.6 is 11.6 Å². The molecule has 0 aliphatic heterocycles. The first-order valence-corrected chi connectivity index (χ1v) is 7.26. The van der Waals surface area contributed by atoms with Gasteiger partial charge in [0.25, 0.3) is 0 Å². The van der Waals surface area contributed by atoms with E-state index in [9.17, 15) is 4.79 Å². The van der Waals surface area contributed by atoms with E-state index in [1.807, 2.05) is 12.1 Å². The lowest BCUT2D eigenvalue weighted by atomic mass is 9.96. The molecule has 2 rings (SSSR count). The second kappa shape index (κ2) is 7.07. The molecule has 1 aliphatic rings. The lowest BCUT2D eigenvalue weighted by molar-refractivity contribution is -0.120. The van der Waals surface area contributed by atoms with Gasteiger partial charge in [-0.2, -0.15) is 0 Å². The van der Waals surface area contributed by atoms with E-state index in [0.717, 1.165) is 17.9 Å². The van der Waals surface area contributed by atoms with E-state index in [1.165, 1.54) is 5.56 Å². The molecule has 0 bridgehead atoms. The quantitative estimate of drug-likeness (QED) is 0.718. The maximum atomic E-state index is 11.7. The number of hydrogen-bond donors (Lipinski definition) is 2. The molecule has 0 aromatic heterocycles. The number of methoxy groups -OCH3 is 1. The average Bonchev–Trinajstić information content (AvgIpc) is 3.23. The van der Waals surface area contributed by atoms with Crippen LogP contribution in [0.4, 0.5) is 0 Å². The van der Waals surface area contributed by atoms with Gasteiger partial charge >= 0.3 is 0 Å². The Morgan fingerprint density at radius 3 is 2.65 bits per heavy atom. The Morgan fingerprint density at radius 2 is 2.05 bits per heavy atom. The number of benzene rings is 1. The van der Waals surface area contributed by atoms with Crippen molar-refractivity contribution >= 4 is 17.5 Å². The zero-order chi connectivity index (χ0) is 14.4. The summed E-state index contributed by atoms with van der Waals surface area (Å²) in [4.78, 5) is 11.7. The SMILES string of the molecule is COCCNCC(=O)NCC1(c2ccc(Cl)cc2)CC1. The van der Waals surface area contributed by atoms with Crippen LogP contribution in [0.25, 0.3) is 0 Å². The summed E-state index contributed by atoms with van der Waals surface area (Å²) in [5.74, 6) is 0.0290. The van der Waals surface area contributed by atoms with Crippen LogP contribution in [0.1, 0.15) is 18.4 Å². The van der Waals surface area contributed by atoms with Crippen LogP contribution in [-0.2, 0) is 14.9 Å². The van der Waals surface area contributed by atoms with Gasteiger partial charge in [-0.1, -0.05) is 23.7 Å². The molecular formula is C15H21ClN2O2. The fourth-order valence-corrected chi connectivity index (χ4v) is 2.35. The highest BCUT2D eigenvalue weighted by molar-refractivity contribution is 6.30. The Balaban J connectivity index is 1.76. The lowest BCUT2D eigenvalue weighted by Gasteiger charge is -2.17. The molecule has 2 N–H and O–H groups in total. The monoisotopic (exact) mass is 296 g/mol. The van der Waals surface area contributed by atoms with Crippen molar-refractivity contribution < 1.29 is 9.53 Å². The average molecular weight is 297 g/mol. The Morgan fingerprint density at radius 1 is 1.35 bits per heavy atom. The Kier molecular flexibility index (Phi) is 5.40. The summed E-state index contributed by atoms with van der Waals surface area (Å²) in [5, 5.41) is 6.78. The van der Waals surface area contributed by atoms with Gasteiger partial charge < -0.3 is 15.4 Å². The van der Waals surface area contributed by atoms with Crippen LogP contribution < -0.4 is 10.6 Å². The number of carbonyl (C=O) groups is 1. The number of rotatable bonds is 8. The normalized spacial score (nSPS) is 15.9. The number of hydrogen-bond acceptors (Lipinski definition) is 3. The third-order valence-corrected chi connectivity index (χ3v) is 3.95. The molecule has 1 aromatic rings. The maximum absolute atomic E-state index is 11.7. The lowest BCUT2D eigenvalue weighted by Crippen LogP contribution is -2.39. The summed E-state index contributed by atoms with van der Waals surface area (Å²) in [6.45, 7) is 2.33. The van der Waals surface area contributed by atoms with Crippen molar-refractivity contribution in [1.82, 2.24) is 10.6 Å². The third kappa shape index (κ3) is 4.20. The summed E-state index contributed by atoms with van der Waals surface area (Å²) in [7, 11) is 1.64. The fraction of sp³-hybridized carbons (Fsp3) is 0.533. The van der Waals surface area contributed by atoms with Crippen molar-refractivity contribution in [1.29, 1.82) is 0 Å². The molecule has 1 aliphatic carbocycles. The van der Waals surface area contributed by atoms with Crippen molar-refractivity contribution in [2.75, 3.05) is 33.4 Å². The molecule has 20 heavy (non-hydrogen) atoms. The highest BCUT2D eigenvalue weighted by Gasteiger charge is 2.44. The molecule has 0 atom stereocenters. The van der Waals surface area contributed by atoms with Crippen LogP contribution in [0.5, 0.6) is 0 Å². The molecule has 0 spiro atoms. The minimum absolute atomic E-state index is 0.0290. The minimum atomic E-state index is 0.0290. The molecule has 1 aromatic carbocycles. The summed E-state index contributed by atoms with van der Waals surface area (Å²) in [6, 6.07) is 7.92. The molecule has 4 nitrogen and oxygen atoms in total. The predicted octanol–water partition coefficient (Wildman–Crippen LogP) is 1.72. The van der Waals surface area contributed by atoms with E-state index in [0.29, 0.717) is 26.2 Å². The molecule has 1 fully saturated rings. The summed E-state index contributed by atoms with van der Waals surface area (Å²) in [6.07, 6.45) is 2.23. The highest BCUT2D eigenvalue weighted by atomic mass is 35.5. The molecule has 1 saturated carbocycles. The molecule has 5 heteroatoms. The van der Waals surface area contributed by atoms with E-state index in [1.54, 1.807) is 7.11 Å². The smallest absolute Gasteiger partial charge is 0.233 e. The van der Waals surface area contributed by atoms with Gasteiger partial charge in [0.05, 0.1) is 13.2 Å². The van der Waals surface area contributed by atoms with Crippen LogP contribution in [0.3, 0.4) is 0 Å². The largest absolute Gasteiger partial charge is 0.383 e. The second-order valence-electron chi connectivity index (χ2n) is 5.23. The number of halogens is 1. The van der Waals surface area contributed by atoms with E-state index < -0.39 is 0 Å². The van der Waals surface area contributed by atoms with Crippen molar-refractivity contribution in [2.45, 2.75) is 18.3 Å². The minimum Gasteiger partial charge on any atom is -0.383 e. The van der Waals surface area contributed by atoms with Crippen LogP contribution in [-0.4, -0.2) is 39.3 Å². The fourth-order valence-electron chi connectivity index (χ4n) is 2.23. The second-order valence-corrected chi connectivity index (χ2v) is 5.67. The molecule has 0 heterocycles. The van der Waals surface area contributed by atoms with Crippen LogP contribution in [0.15, 0.2) is 24.3 Å². The molecule has 110 valence electrons. The van der Waals surface area contributed by atoms with Gasteiger partial charge in [0.2, 0.25) is 5.91 Å². The van der Waals surface area contributed by atoms with E-state index >= 15 is 0 Å². The van der Waals surface area contributed by atoms with Crippen LogP contribution in [0, 0.1) is 0 Å². The molecule has 0 saturated heterocycles. The van der Waals surface area contributed by atoms with Gasteiger partial charge in [-0.15, -0.1) is 0 Å². The zero-order valence-electron chi connectivity index (χ0n) is 11.7. The van der Waals surface area contributed by atoms with Crippen molar-refractivity contribution in [3.05, 3.63) is 34.9 Å². The van der Waals surface area contributed by atoms with Gasteiger partial charge in [-0.3, -0.25) is 4.79 Å². The van der Waals surface area contributed by atoms with Crippen molar-refractivity contribution in [2.24, 2.45) is 0 Å². The number of carbonyl (C=O) groups excluding carboxylic acids is 1. The molecule has 1 amide bonds. The Hall–Kier alpha value is -1.10. The van der Waals surface area contributed by atoms with Gasteiger partial charge in [0.1, 0.15) is 0 Å². The first-order chi connectivity index (χ1) is 9.66. The summed E-state index contributed by atoms with van der Waals surface area (Å²) >= 11 is 5.90. The zero-order valence-corrected chi connectivity index (χ0v) is 12.5. The summed E-state index contributed by atoms with van der Waals surface area (Å²) in [5.41, 5.74) is 1.38.